The number of amides is 1. The highest BCUT2D eigenvalue weighted by Gasteiger charge is 2.15. The molecule has 0 fully saturated rings. The van der Waals surface area contributed by atoms with Crippen molar-refractivity contribution in [2.24, 2.45) is 4.99 Å². The Bertz CT molecular complexity index is 1210. The number of esters is 2. The number of fused-ring (bicyclic) bond motifs is 1. The highest BCUT2D eigenvalue weighted by molar-refractivity contribution is 7.16. The van der Waals surface area contributed by atoms with Gasteiger partial charge in [-0.1, -0.05) is 17.4 Å². The molecule has 0 radical (unpaired) electrons. The lowest BCUT2D eigenvalue weighted by Crippen LogP contribution is -2.22. The number of rotatable bonds is 5. The molecule has 3 aromatic rings. The van der Waals surface area contributed by atoms with E-state index in [1.165, 1.54) is 18.4 Å². The Morgan fingerprint density at radius 2 is 1.77 bits per heavy atom. The first-order chi connectivity index (χ1) is 14.3. The van der Waals surface area contributed by atoms with E-state index in [9.17, 15) is 14.4 Å². The lowest BCUT2D eigenvalue weighted by molar-refractivity contribution is -0.141. The van der Waals surface area contributed by atoms with Crippen LogP contribution in [-0.2, 0) is 20.8 Å². The molecule has 0 aliphatic heterocycles. The summed E-state index contributed by atoms with van der Waals surface area (Å²) in [5, 5.41) is 0. The maximum atomic E-state index is 12.8. The lowest BCUT2D eigenvalue weighted by Gasteiger charge is -2.05. The molecular weight excluding hydrogens is 404 g/mol. The van der Waals surface area contributed by atoms with Crippen LogP contribution < -0.4 is 4.80 Å². The number of ether oxygens (including phenoxy) is 2. The molecule has 0 spiro atoms. The number of carbonyl (C=O) groups is 3. The van der Waals surface area contributed by atoms with Crippen molar-refractivity contribution in [3.63, 3.8) is 0 Å². The normalized spacial score (nSPS) is 11.5. The van der Waals surface area contributed by atoms with E-state index in [1.54, 1.807) is 41.8 Å². The smallest absolute Gasteiger partial charge is 0.338 e. The predicted octanol–water partition coefficient (Wildman–Crippen LogP) is 3.41. The quantitative estimate of drug-likeness (QED) is 0.584. The van der Waals surface area contributed by atoms with Crippen molar-refractivity contribution >= 4 is 39.4 Å². The number of hydrogen-bond donors (Lipinski definition) is 0. The molecule has 7 nitrogen and oxygen atoms in total. The Morgan fingerprint density at radius 3 is 2.43 bits per heavy atom. The van der Waals surface area contributed by atoms with Crippen LogP contribution in [0.2, 0.25) is 0 Å². The van der Waals surface area contributed by atoms with E-state index in [0.717, 1.165) is 11.1 Å². The minimum Gasteiger partial charge on any atom is -0.468 e. The summed E-state index contributed by atoms with van der Waals surface area (Å²) in [6, 6.07) is 10.4. The fraction of sp³-hybridized carbons (Fsp3) is 0.273. The first-order valence-electron chi connectivity index (χ1n) is 9.37. The maximum Gasteiger partial charge on any atom is 0.338 e. The van der Waals surface area contributed by atoms with Crippen LogP contribution in [0.3, 0.4) is 0 Å². The number of benzene rings is 2. The summed E-state index contributed by atoms with van der Waals surface area (Å²) in [7, 11) is 1.30. The Morgan fingerprint density at radius 1 is 1.03 bits per heavy atom. The van der Waals surface area contributed by atoms with E-state index in [4.69, 9.17) is 9.47 Å². The molecule has 0 saturated heterocycles. The van der Waals surface area contributed by atoms with Crippen LogP contribution in [0, 0.1) is 13.8 Å². The summed E-state index contributed by atoms with van der Waals surface area (Å²) in [5.41, 5.74) is 3.61. The van der Waals surface area contributed by atoms with Crippen molar-refractivity contribution in [1.82, 2.24) is 4.57 Å². The van der Waals surface area contributed by atoms with E-state index < -0.39 is 17.8 Å². The van der Waals surface area contributed by atoms with Gasteiger partial charge in [0.05, 0.1) is 29.5 Å². The monoisotopic (exact) mass is 426 g/mol. The zero-order chi connectivity index (χ0) is 21.8. The summed E-state index contributed by atoms with van der Waals surface area (Å²) in [6.45, 7) is 5.81. The predicted molar refractivity (Wildman–Crippen MR) is 114 cm³/mol. The first-order valence-corrected chi connectivity index (χ1v) is 10.2. The van der Waals surface area contributed by atoms with E-state index in [1.807, 2.05) is 19.9 Å². The second-order valence-corrected chi connectivity index (χ2v) is 7.67. The molecule has 0 bridgehead atoms. The Labute approximate surface area is 177 Å². The highest BCUT2D eigenvalue weighted by Crippen LogP contribution is 2.20. The molecule has 0 atom stereocenters. The van der Waals surface area contributed by atoms with Crippen LogP contribution in [0.4, 0.5) is 0 Å². The molecule has 3 rings (SSSR count). The number of methoxy groups -OCH3 is 1. The van der Waals surface area contributed by atoms with E-state index in [0.29, 0.717) is 26.1 Å². The number of aryl methyl sites for hydroxylation is 2. The molecule has 2 aromatic carbocycles. The largest absolute Gasteiger partial charge is 0.468 e. The van der Waals surface area contributed by atoms with Gasteiger partial charge >= 0.3 is 11.9 Å². The summed E-state index contributed by atoms with van der Waals surface area (Å²) >= 11 is 1.22. The van der Waals surface area contributed by atoms with Gasteiger partial charge in [-0.25, -0.2) is 4.79 Å². The third kappa shape index (κ3) is 4.49. The van der Waals surface area contributed by atoms with Crippen molar-refractivity contribution in [2.45, 2.75) is 27.3 Å². The summed E-state index contributed by atoms with van der Waals surface area (Å²) in [6.07, 6.45) is 0. The number of aromatic nitrogens is 1. The van der Waals surface area contributed by atoms with Gasteiger partial charge in [0.15, 0.2) is 4.80 Å². The van der Waals surface area contributed by atoms with Crippen LogP contribution in [0.5, 0.6) is 0 Å². The zero-order valence-corrected chi connectivity index (χ0v) is 18.0. The van der Waals surface area contributed by atoms with Crippen LogP contribution >= 0.6 is 11.3 Å². The van der Waals surface area contributed by atoms with Gasteiger partial charge in [-0.05, 0) is 62.2 Å². The van der Waals surface area contributed by atoms with Crippen molar-refractivity contribution in [2.75, 3.05) is 13.7 Å². The minimum atomic E-state index is -0.468. The Hall–Kier alpha value is -3.26. The van der Waals surface area contributed by atoms with Gasteiger partial charge in [0.25, 0.3) is 5.91 Å². The standard InChI is InChI=1S/C22H22N2O5S/c1-5-29-21(27)16-8-9-17-18(11-16)30-22(24(17)12-19(25)28-4)23-20(26)15-7-6-13(2)14(3)10-15/h6-11H,5,12H2,1-4H3. The summed E-state index contributed by atoms with van der Waals surface area (Å²) in [4.78, 5) is 41.3. The van der Waals surface area contributed by atoms with Gasteiger partial charge in [-0.2, -0.15) is 4.99 Å². The van der Waals surface area contributed by atoms with Gasteiger partial charge in [-0.15, -0.1) is 0 Å². The van der Waals surface area contributed by atoms with Gasteiger partial charge < -0.3 is 14.0 Å². The topological polar surface area (TPSA) is 87.0 Å². The van der Waals surface area contributed by atoms with Crippen LogP contribution in [0.15, 0.2) is 41.4 Å². The Balaban J connectivity index is 2.12. The van der Waals surface area contributed by atoms with Crippen molar-refractivity contribution < 1.29 is 23.9 Å². The molecule has 8 heteroatoms. The molecule has 1 amide bonds. The fourth-order valence-corrected chi connectivity index (χ4v) is 3.94. The molecule has 0 N–H and O–H groups in total. The maximum absolute atomic E-state index is 12.8. The molecule has 0 unspecified atom stereocenters. The second kappa shape index (κ2) is 9.04. The van der Waals surface area contributed by atoms with Gasteiger partial charge in [0.2, 0.25) is 0 Å². The van der Waals surface area contributed by atoms with E-state index >= 15 is 0 Å². The summed E-state index contributed by atoms with van der Waals surface area (Å²) < 4.78 is 12.1. The third-order valence-corrected chi connectivity index (χ3v) is 5.70. The highest BCUT2D eigenvalue weighted by atomic mass is 32.1. The SMILES string of the molecule is CCOC(=O)c1ccc2c(c1)sc(=NC(=O)c1ccc(C)c(C)c1)n2CC(=O)OC. The van der Waals surface area contributed by atoms with E-state index in [-0.39, 0.29) is 13.2 Å². The van der Waals surface area contributed by atoms with Crippen LogP contribution in [0.1, 0.15) is 38.8 Å². The van der Waals surface area contributed by atoms with E-state index in [2.05, 4.69) is 4.99 Å². The zero-order valence-electron chi connectivity index (χ0n) is 17.2. The lowest BCUT2D eigenvalue weighted by atomic mass is 10.1. The Kier molecular flexibility index (Phi) is 6.47. The second-order valence-electron chi connectivity index (χ2n) is 6.67. The molecular formula is C22H22N2O5S. The van der Waals surface area contributed by atoms with Gasteiger partial charge in [0, 0.05) is 5.56 Å². The average molecular weight is 426 g/mol. The number of nitrogens with zero attached hydrogens (tertiary/aromatic N) is 2. The van der Waals surface area contributed by atoms with Gasteiger partial charge in [0.1, 0.15) is 6.54 Å². The molecule has 1 heterocycles. The third-order valence-electron chi connectivity index (χ3n) is 4.66. The summed E-state index contributed by atoms with van der Waals surface area (Å²) in [5.74, 6) is -1.31. The first kappa shape index (κ1) is 21.4. The van der Waals surface area contributed by atoms with Crippen molar-refractivity contribution in [1.29, 1.82) is 0 Å². The molecule has 0 aliphatic carbocycles. The van der Waals surface area contributed by atoms with Gasteiger partial charge in [-0.3, -0.25) is 9.59 Å². The minimum absolute atomic E-state index is 0.103. The average Bonchev–Trinajstić information content (AvgIpc) is 3.06. The molecule has 1 aromatic heterocycles. The number of thiazole rings is 1. The molecule has 30 heavy (non-hydrogen) atoms. The van der Waals surface area contributed by atoms with Crippen molar-refractivity contribution in [3.05, 3.63) is 63.5 Å². The number of hydrogen-bond acceptors (Lipinski definition) is 6. The number of carbonyl (C=O) groups excluding carboxylic acids is 3. The van der Waals surface area contributed by atoms with Crippen LogP contribution in [-0.4, -0.2) is 36.1 Å². The van der Waals surface area contributed by atoms with Crippen molar-refractivity contribution in [3.8, 4) is 0 Å². The molecule has 156 valence electrons. The fourth-order valence-electron chi connectivity index (χ4n) is 2.87. The molecule has 0 saturated carbocycles. The van der Waals surface area contributed by atoms with Crippen LogP contribution in [0.25, 0.3) is 10.2 Å². The molecule has 0 aliphatic rings.